The van der Waals surface area contributed by atoms with Gasteiger partial charge in [0.25, 0.3) is 0 Å². The first-order valence-electron chi connectivity index (χ1n) is 8.34. The fourth-order valence-electron chi connectivity index (χ4n) is 2.86. The molecule has 0 N–H and O–H groups in total. The van der Waals surface area contributed by atoms with Gasteiger partial charge >= 0.3 is 0 Å². The zero-order valence-corrected chi connectivity index (χ0v) is 15.9. The van der Waals surface area contributed by atoms with Crippen molar-refractivity contribution in [2.24, 2.45) is 0 Å². The van der Waals surface area contributed by atoms with Crippen LogP contribution in [-0.2, 0) is 11.3 Å². The molecule has 7 heteroatoms. The van der Waals surface area contributed by atoms with E-state index in [0.29, 0.717) is 12.3 Å². The average Bonchev–Trinajstić information content (AvgIpc) is 3.11. The molecular formula is C18H22ClN3O2S. The van der Waals surface area contributed by atoms with Crippen LogP contribution in [-0.4, -0.2) is 59.9 Å². The second-order valence-corrected chi connectivity index (χ2v) is 7.27. The molecule has 0 atom stereocenters. The molecule has 0 aliphatic carbocycles. The molecule has 1 aliphatic heterocycles. The Morgan fingerprint density at radius 2 is 1.96 bits per heavy atom. The molecule has 0 spiro atoms. The molecule has 134 valence electrons. The van der Waals surface area contributed by atoms with E-state index < -0.39 is 0 Å². The lowest BCUT2D eigenvalue weighted by Crippen LogP contribution is -2.48. The number of piperazine rings is 1. The zero-order valence-electron chi connectivity index (χ0n) is 14.3. The first-order valence-corrected chi connectivity index (χ1v) is 9.76. The lowest BCUT2D eigenvalue weighted by Gasteiger charge is -2.34. The van der Waals surface area contributed by atoms with E-state index >= 15 is 0 Å². The van der Waals surface area contributed by atoms with E-state index in [0.717, 1.165) is 54.7 Å². The van der Waals surface area contributed by atoms with Gasteiger partial charge in [0.1, 0.15) is 10.8 Å². The molecule has 1 fully saturated rings. The number of benzene rings is 1. The van der Waals surface area contributed by atoms with Gasteiger partial charge in [0.2, 0.25) is 5.91 Å². The predicted octanol–water partition coefficient (Wildman–Crippen LogP) is 3.09. The van der Waals surface area contributed by atoms with Crippen molar-refractivity contribution in [2.75, 3.05) is 39.2 Å². The number of halogens is 1. The minimum atomic E-state index is 0.158. The third-order valence-electron chi connectivity index (χ3n) is 4.33. The highest BCUT2D eigenvalue weighted by molar-refractivity contribution is 7.09. The number of amides is 1. The van der Waals surface area contributed by atoms with Crippen molar-refractivity contribution in [1.82, 2.24) is 14.8 Å². The number of hydrogen-bond acceptors (Lipinski definition) is 5. The summed E-state index contributed by atoms with van der Waals surface area (Å²) in [6.07, 6.45) is 0.430. The summed E-state index contributed by atoms with van der Waals surface area (Å²) in [5.41, 5.74) is 2.10. The molecule has 2 heterocycles. The molecule has 2 aromatic rings. The molecular weight excluding hydrogens is 358 g/mol. The Morgan fingerprint density at radius 1 is 1.24 bits per heavy atom. The highest BCUT2D eigenvalue weighted by Gasteiger charge is 2.21. The average molecular weight is 380 g/mol. The van der Waals surface area contributed by atoms with Gasteiger partial charge in [-0.25, -0.2) is 4.98 Å². The number of carbonyl (C=O) groups excluding carboxylic acids is 1. The number of methoxy groups -OCH3 is 1. The van der Waals surface area contributed by atoms with E-state index in [1.54, 1.807) is 18.4 Å². The van der Waals surface area contributed by atoms with Crippen LogP contribution in [0.4, 0.5) is 0 Å². The van der Waals surface area contributed by atoms with Gasteiger partial charge in [-0.05, 0) is 24.3 Å². The predicted molar refractivity (Wildman–Crippen MR) is 101 cm³/mol. The Morgan fingerprint density at radius 3 is 2.60 bits per heavy atom. The first kappa shape index (κ1) is 18.2. The van der Waals surface area contributed by atoms with Crippen LogP contribution in [0.3, 0.4) is 0 Å². The lowest BCUT2D eigenvalue weighted by molar-refractivity contribution is -0.132. The maximum absolute atomic E-state index is 11.9. The highest BCUT2D eigenvalue weighted by Crippen LogP contribution is 2.25. The van der Waals surface area contributed by atoms with Gasteiger partial charge in [-0.2, -0.15) is 0 Å². The van der Waals surface area contributed by atoms with Crippen molar-refractivity contribution < 1.29 is 9.53 Å². The van der Waals surface area contributed by atoms with Gasteiger partial charge in [0, 0.05) is 49.4 Å². The molecule has 5 nitrogen and oxygen atoms in total. The summed E-state index contributed by atoms with van der Waals surface area (Å²) in [7, 11) is 1.67. The second kappa shape index (κ2) is 8.65. The van der Waals surface area contributed by atoms with Crippen molar-refractivity contribution in [3.63, 3.8) is 0 Å². The molecule has 3 rings (SSSR count). The maximum Gasteiger partial charge on any atom is 0.223 e. The monoisotopic (exact) mass is 379 g/mol. The number of aromatic nitrogens is 1. The van der Waals surface area contributed by atoms with Crippen molar-refractivity contribution in [2.45, 2.75) is 13.0 Å². The number of carbonyl (C=O) groups is 1. The fraction of sp³-hybridized carbons (Fsp3) is 0.444. The summed E-state index contributed by atoms with van der Waals surface area (Å²) in [6, 6.07) is 7.95. The van der Waals surface area contributed by atoms with E-state index in [1.807, 2.05) is 29.2 Å². The van der Waals surface area contributed by atoms with Crippen molar-refractivity contribution in [3.05, 3.63) is 34.7 Å². The lowest BCUT2D eigenvalue weighted by atomic mass is 10.2. The Labute approximate surface area is 157 Å². The van der Waals surface area contributed by atoms with Crippen LogP contribution < -0.4 is 4.74 Å². The minimum absolute atomic E-state index is 0.158. The smallest absolute Gasteiger partial charge is 0.223 e. The van der Waals surface area contributed by atoms with E-state index in [9.17, 15) is 4.79 Å². The second-order valence-electron chi connectivity index (χ2n) is 5.95. The minimum Gasteiger partial charge on any atom is -0.497 e. The molecule has 1 saturated heterocycles. The van der Waals surface area contributed by atoms with Crippen LogP contribution in [0.1, 0.15) is 11.4 Å². The van der Waals surface area contributed by atoms with Crippen LogP contribution in [0.2, 0.25) is 0 Å². The number of ether oxygens (including phenoxy) is 1. The molecule has 1 aliphatic rings. The topological polar surface area (TPSA) is 45.7 Å². The van der Waals surface area contributed by atoms with Crippen molar-refractivity contribution in [3.8, 4) is 17.0 Å². The number of thiazole rings is 1. The fourth-order valence-corrected chi connectivity index (χ4v) is 3.87. The summed E-state index contributed by atoms with van der Waals surface area (Å²) < 4.78 is 5.19. The van der Waals surface area contributed by atoms with Crippen LogP contribution in [0.25, 0.3) is 11.3 Å². The van der Waals surface area contributed by atoms with Crippen molar-refractivity contribution >= 4 is 28.8 Å². The van der Waals surface area contributed by atoms with Crippen LogP contribution in [0.5, 0.6) is 5.75 Å². The van der Waals surface area contributed by atoms with Crippen molar-refractivity contribution in [1.29, 1.82) is 0 Å². The molecule has 0 bridgehead atoms. The number of hydrogen-bond donors (Lipinski definition) is 0. The Bertz CT molecular complexity index is 697. The molecule has 0 radical (unpaired) electrons. The van der Waals surface area contributed by atoms with Gasteiger partial charge in [-0.1, -0.05) is 0 Å². The third-order valence-corrected chi connectivity index (χ3v) is 5.35. The number of rotatable bonds is 6. The number of nitrogens with zero attached hydrogens (tertiary/aromatic N) is 3. The maximum atomic E-state index is 11.9. The van der Waals surface area contributed by atoms with Crippen LogP contribution in [0.15, 0.2) is 29.6 Å². The van der Waals surface area contributed by atoms with Crippen LogP contribution in [0, 0.1) is 0 Å². The normalized spacial score (nSPS) is 15.4. The van der Waals surface area contributed by atoms with E-state index in [-0.39, 0.29) is 5.91 Å². The van der Waals surface area contributed by atoms with Gasteiger partial charge < -0.3 is 9.64 Å². The summed E-state index contributed by atoms with van der Waals surface area (Å²) >= 11 is 7.33. The van der Waals surface area contributed by atoms with Gasteiger partial charge in [-0.3, -0.25) is 9.69 Å². The SMILES string of the molecule is COc1ccc(-c2csc(CN3CCN(C(=O)CCCl)CC3)n2)cc1. The third kappa shape index (κ3) is 4.71. The molecule has 1 aromatic carbocycles. The van der Waals surface area contributed by atoms with Gasteiger partial charge in [-0.15, -0.1) is 22.9 Å². The summed E-state index contributed by atoms with van der Waals surface area (Å²) in [5, 5.41) is 3.20. The number of alkyl halides is 1. The molecule has 0 saturated carbocycles. The molecule has 1 amide bonds. The van der Waals surface area contributed by atoms with Crippen LogP contribution >= 0.6 is 22.9 Å². The molecule has 1 aromatic heterocycles. The van der Waals surface area contributed by atoms with Gasteiger partial charge in [0.05, 0.1) is 19.3 Å². The quantitative estimate of drug-likeness (QED) is 0.723. The Balaban J connectivity index is 1.54. The van der Waals surface area contributed by atoms with E-state index in [4.69, 9.17) is 21.3 Å². The summed E-state index contributed by atoms with van der Waals surface area (Å²) in [5.74, 6) is 1.40. The van der Waals surface area contributed by atoms with Gasteiger partial charge in [0.15, 0.2) is 0 Å². The molecule has 25 heavy (non-hydrogen) atoms. The van der Waals surface area contributed by atoms with E-state index in [2.05, 4.69) is 10.3 Å². The Kier molecular flexibility index (Phi) is 6.29. The van der Waals surface area contributed by atoms with E-state index in [1.165, 1.54) is 0 Å². The Hall–Kier alpha value is -1.63. The highest BCUT2D eigenvalue weighted by atomic mass is 35.5. The first-order chi connectivity index (χ1) is 12.2. The largest absolute Gasteiger partial charge is 0.497 e. The molecule has 0 unspecified atom stereocenters. The summed E-state index contributed by atoms with van der Waals surface area (Å²) in [4.78, 5) is 20.9. The zero-order chi connectivity index (χ0) is 17.6. The standard InChI is InChI=1S/C18H22ClN3O2S/c1-24-15-4-2-14(3-5-15)16-13-25-17(20-16)12-21-8-10-22(11-9-21)18(23)6-7-19/h2-5,13H,6-12H2,1H3. The summed E-state index contributed by atoms with van der Waals surface area (Å²) in [6.45, 7) is 4.13.